The Hall–Kier alpha value is -2.40. The van der Waals surface area contributed by atoms with Crippen LogP contribution in [0, 0.1) is 5.82 Å². The molecule has 0 unspecified atom stereocenters. The molecule has 0 aliphatic heterocycles. The van der Waals surface area contributed by atoms with Crippen molar-refractivity contribution < 1.29 is 9.18 Å². The van der Waals surface area contributed by atoms with Crippen LogP contribution in [0.2, 0.25) is 0 Å². The summed E-state index contributed by atoms with van der Waals surface area (Å²) in [6, 6.07) is 13.3. The van der Waals surface area contributed by atoms with Crippen LogP contribution in [-0.4, -0.2) is 32.0 Å². The zero-order valence-electron chi connectivity index (χ0n) is 13.7. The summed E-state index contributed by atoms with van der Waals surface area (Å²) in [5, 5.41) is 0. The van der Waals surface area contributed by atoms with Gasteiger partial charge in [-0.2, -0.15) is 0 Å². The molecular weight excluding hydrogens is 293 g/mol. The monoisotopic (exact) mass is 315 g/mol. The highest BCUT2D eigenvalue weighted by Crippen LogP contribution is 2.25. The molecule has 5 heteroatoms. The largest absolute Gasteiger partial charge is 0.377 e. The van der Waals surface area contributed by atoms with Gasteiger partial charge >= 0.3 is 0 Å². The van der Waals surface area contributed by atoms with Gasteiger partial charge in [0, 0.05) is 26.3 Å². The zero-order chi connectivity index (χ0) is 17.0. The van der Waals surface area contributed by atoms with Gasteiger partial charge in [-0.25, -0.2) is 4.39 Å². The van der Waals surface area contributed by atoms with E-state index in [1.807, 2.05) is 55.2 Å². The van der Waals surface area contributed by atoms with Crippen molar-refractivity contribution in [1.29, 1.82) is 0 Å². The molecule has 2 rings (SSSR count). The van der Waals surface area contributed by atoms with E-state index in [-0.39, 0.29) is 5.82 Å². The minimum Gasteiger partial charge on any atom is -0.377 e. The average Bonchev–Trinajstić information content (AvgIpc) is 2.47. The van der Waals surface area contributed by atoms with E-state index in [9.17, 15) is 9.18 Å². The van der Waals surface area contributed by atoms with E-state index in [0.717, 1.165) is 11.3 Å². The molecule has 0 saturated heterocycles. The first-order valence-corrected chi connectivity index (χ1v) is 7.40. The Balaban J connectivity index is 2.30. The summed E-state index contributed by atoms with van der Waals surface area (Å²) in [5.41, 5.74) is 8.26. The first-order chi connectivity index (χ1) is 10.9. The topological polar surface area (TPSA) is 49.6 Å². The van der Waals surface area contributed by atoms with E-state index in [2.05, 4.69) is 0 Å². The van der Waals surface area contributed by atoms with E-state index in [4.69, 9.17) is 5.73 Å². The molecular formula is C18H22FN3O. The van der Waals surface area contributed by atoms with E-state index < -0.39 is 11.9 Å². The molecule has 0 aliphatic carbocycles. The van der Waals surface area contributed by atoms with Gasteiger partial charge in [-0.05, 0) is 36.4 Å². The van der Waals surface area contributed by atoms with Gasteiger partial charge in [0.2, 0.25) is 5.91 Å². The van der Waals surface area contributed by atoms with Gasteiger partial charge in [0.25, 0.3) is 0 Å². The van der Waals surface area contributed by atoms with Crippen molar-refractivity contribution in [2.75, 3.05) is 26.0 Å². The number of amides is 1. The number of hydrogen-bond donors (Lipinski definition) is 1. The van der Waals surface area contributed by atoms with Crippen LogP contribution in [0.25, 0.3) is 0 Å². The Morgan fingerprint density at radius 1 is 1.13 bits per heavy atom. The molecule has 2 aromatic carbocycles. The number of likely N-dealkylation sites (N-methyl/N-ethyl adjacent to an activating group) is 1. The SMILES string of the molecule is CN(C)c1ccccc1CN(C)[C@H](C(N)=O)c1cccc(F)c1. The lowest BCUT2D eigenvalue weighted by molar-refractivity contribution is -0.123. The number of halogens is 1. The Labute approximate surface area is 136 Å². The lowest BCUT2D eigenvalue weighted by Crippen LogP contribution is -2.35. The van der Waals surface area contributed by atoms with Crippen molar-refractivity contribution in [3.05, 3.63) is 65.5 Å². The normalized spacial score (nSPS) is 12.2. The first-order valence-electron chi connectivity index (χ1n) is 7.40. The molecule has 1 atom stereocenters. The van der Waals surface area contributed by atoms with Gasteiger partial charge in [0.15, 0.2) is 0 Å². The third-order valence-corrected chi connectivity index (χ3v) is 3.77. The highest BCUT2D eigenvalue weighted by Gasteiger charge is 2.24. The molecule has 0 spiro atoms. The molecule has 0 heterocycles. The summed E-state index contributed by atoms with van der Waals surface area (Å²) in [7, 11) is 5.75. The van der Waals surface area contributed by atoms with Crippen molar-refractivity contribution in [3.8, 4) is 0 Å². The Bertz CT molecular complexity index is 687. The Morgan fingerprint density at radius 2 is 1.83 bits per heavy atom. The van der Waals surface area contributed by atoms with E-state index in [1.54, 1.807) is 12.1 Å². The molecule has 23 heavy (non-hydrogen) atoms. The lowest BCUT2D eigenvalue weighted by Gasteiger charge is -2.28. The number of nitrogens with two attached hydrogens (primary N) is 1. The maximum atomic E-state index is 13.5. The fourth-order valence-electron chi connectivity index (χ4n) is 2.75. The standard InChI is InChI=1S/C18H22FN3O/c1-21(2)16-10-5-4-7-14(16)12-22(3)17(18(20)23)13-8-6-9-15(19)11-13/h4-11,17H,12H2,1-3H3,(H2,20,23)/t17-/m0/s1. The molecule has 1 amide bonds. The van der Waals surface area contributed by atoms with Crippen molar-refractivity contribution in [1.82, 2.24) is 4.90 Å². The van der Waals surface area contributed by atoms with Gasteiger partial charge < -0.3 is 10.6 Å². The first kappa shape index (κ1) is 17.0. The number of nitrogens with zero attached hydrogens (tertiary/aromatic N) is 2. The third-order valence-electron chi connectivity index (χ3n) is 3.77. The summed E-state index contributed by atoms with van der Waals surface area (Å²) in [6.45, 7) is 0.526. The number of hydrogen-bond acceptors (Lipinski definition) is 3. The molecule has 0 saturated carbocycles. The summed E-state index contributed by atoms with van der Waals surface area (Å²) in [4.78, 5) is 15.8. The van der Waals surface area contributed by atoms with Gasteiger partial charge in [-0.15, -0.1) is 0 Å². The molecule has 0 bridgehead atoms. The number of para-hydroxylation sites is 1. The van der Waals surface area contributed by atoms with Gasteiger partial charge in [0.1, 0.15) is 11.9 Å². The predicted molar refractivity (Wildman–Crippen MR) is 90.6 cm³/mol. The Morgan fingerprint density at radius 3 is 2.43 bits per heavy atom. The van der Waals surface area contributed by atoms with Crippen LogP contribution < -0.4 is 10.6 Å². The molecule has 0 aliphatic rings. The number of carbonyl (C=O) groups is 1. The van der Waals surface area contributed by atoms with Crippen LogP contribution in [0.4, 0.5) is 10.1 Å². The van der Waals surface area contributed by atoms with E-state index in [1.165, 1.54) is 12.1 Å². The predicted octanol–water partition coefficient (Wildman–Crippen LogP) is 2.55. The number of anilines is 1. The van der Waals surface area contributed by atoms with Crippen molar-refractivity contribution in [2.24, 2.45) is 5.73 Å². The third kappa shape index (κ3) is 4.07. The molecule has 0 fully saturated rings. The highest BCUT2D eigenvalue weighted by atomic mass is 19.1. The number of primary amides is 1. The van der Waals surface area contributed by atoms with Crippen molar-refractivity contribution >= 4 is 11.6 Å². The van der Waals surface area contributed by atoms with Crippen molar-refractivity contribution in [3.63, 3.8) is 0 Å². The molecule has 122 valence electrons. The van der Waals surface area contributed by atoms with E-state index >= 15 is 0 Å². The van der Waals surface area contributed by atoms with Crippen LogP contribution in [0.1, 0.15) is 17.2 Å². The van der Waals surface area contributed by atoms with Gasteiger partial charge in [-0.1, -0.05) is 30.3 Å². The summed E-state index contributed by atoms with van der Waals surface area (Å²) < 4.78 is 13.5. The van der Waals surface area contributed by atoms with Gasteiger partial charge in [0.05, 0.1) is 0 Å². The lowest BCUT2D eigenvalue weighted by atomic mass is 10.0. The van der Waals surface area contributed by atoms with Crippen LogP contribution >= 0.6 is 0 Å². The molecule has 2 aromatic rings. The Kier molecular flexibility index (Phi) is 5.34. The fourth-order valence-corrected chi connectivity index (χ4v) is 2.75. The second kappa shape index (κ2) is 7.24. The quantitative estimate of drug-likeness (QED) is 0.891. The molecule has 0 radical (unpaired) electrons. The van der Waals surface area contributed by atoms with Crippen LogP contribution in [0.3, 0.4) is 0 Å². The summed E-state index contributed by atoms with van der Waals surface area (Å²) in [5.74, 6) is -0.878. The minimum atomic E-state index is -0.680. The number of rotatable bonds is 6. The number of benzene rings is 2. The zero-order valence-corrected chi connectivity index (χ0v) is 13.7. The fraction of sp³-hybridized carbons (Fsp3) is 0.278. The molecule has 2 N–H and O–H groups in total. The van der Waals surface area contributed by atoms with Crippen LogP contribution in [0.5, 0.6) is 0 Å². The van der Waals surface area contributed by atoms with Gasteiger partial charge in [-0.3, -0.25) is 9.69 Å². The second-order valence-electron chi connectivity index (χ2n) is 5.80. The maximum Gasteiger partial charge on any atom is 0.239 e. The summed E-state index contributed by atoms with van der Waals surface area (Å²) in [6.07, 6.45) is 0. The molecule has 4 nitrogen and oxygen atoms in total. The van der Waals surface area contributed by atoms with Crippen LogP contribution in [0.15, 0.2) is 48.5 Å². The number of carbonyl (C=O) groups excluding carboxylic acids is 1. The minimum absolute atomic E-state index is 0.379. The maximum absolute atomic E-state index is 13.5. The molecule has 0 aromatic heterocycles. The second-order valence-corrected chi connectivity index (χ2v) is 5.80. The smallest absolute Gasteiger partial charge is 0.239 e. The van der Waals surface area contributed by atoms with Crippen LogP contribution in [-0.2, 0) is 11.3 Å². The van der Waals surface area contributed by atoms with E-state index in [0.29, 0.717) is 12.1 Å². The highest BCUT2D eigenvalue weighted by molar-refractivity contribution is 5.81. The summed E-state index contributed by atoms with van der Waals surface area (Å²) >= 11 is 0. The van der Waals surface area contributed by atoms with Crippen molar-refractivity contribution in [2.45, 2.75) is 12.6 Å². The average molecular weight is 315 g/mol.